The molecule has 12 heteroatoms. The van der Waals surface area contributed by atoms with Crippen molar-refractivity contribution >= 4 is 35.1 Å². The normalized spacial score (nSPS) is 28.0. The lowest BCUT2D eigenvalue weighted by atomic mass is 9.78. The van der Waals surface area contributed by atoms with Crippen molar-refractivity contribution in [3.63, 3.8) is 0 Å². The number of ether oxygens (including phenoxy) is 1. The van der Waals surface area contributed by atoms with Gasteiger partial charge in [0.25, 0.3) is 0 Å². The second-order valence-corrected chi connectivity index (χ2v) is 12.6. The average molecular weight is 604 g/mol. The van der Waals surface area contributed by atoms with E-state index in [4.69, 9.17) is 32.9 Å². The van der Waals surface area contributed by atoms with Gasteiger partial charge in [-0.3, -0.25) is 10.4 Å². The summed E-state index contributed by atoms with van der Waals surface area (Å²) in [5.74, 6) is 1.36. The van der Waals surface area contributed by atoms with Crippen molar-refractivity contribution < 1.29 is 9.53 Å². The molecule has 4 fully saturated rings. The first kappa shape index (κ1) is 28.9. The SMILES string of the molecule is C[C@@H](OC1CCC2NNC(c3ccc(N4CCN(C(=O)N5CCN(C)CC5)CC4)nc3)C2C1)c1c(Cl)cncc1Cl. The average Bonchev–Trinajstić information content (AvgIpc) is 3.41. The number of nitrogens with zero attached hydrogens (tertiary/aromatic N) is 6. The molecule has 4 aliphatic rings. The Morgan fingerprint density at radius 1 is 0.951 bits per heavy atom. The van der Waals surface area contributed by atoms with E-state index < -0.39 is 0 Å². The molecule has 6 rings (SSSR count). The van der Waals surface area contributed by atoms with Crippen LogP contribution in [0.25, 0.3) is 0 Å². The molecule has 3 aliphatic heterocycles. The molecule has 3 saturated heterocycles. The van der Waals surface area contributed by atoms with E-state index in [0.717, 1.165) is 83.0 Å². The Labute approximate surface area is 252 Å². The van der Waals surface area contributed by atoms with Crippen LogP contribution in [0.15, 0.2) is 30.7 Å². The minimum Gasteiger partial charge on any atom is -0.370 e. The van der Waals surface area contributed by atoms with Crippen molar-refractivity contribution in [2.24, 2.45) is 5.92 Å². The Balaban J connectivity index is 1.03. The minimum absolute atomic E-state index is 0.118. The summed E-state index contributed by atoms with van der Waals surface area (Å²) in [7, 11) is 2.11. The van der Waals surface area contributed by atoms with Gasteiger partial charge < -0.3 is 24.3 Å². The van der Waals surface area contributed by atoms with Gasteiger partial charge in [-0.1, -0.05) is 29.3 Å². The summed E-state index contributed by atoms with van der Waals surface area (Å²) in [5, 5.41) is 1.07. The summed E-state index contributed by atoms with van der Waals surface area (Å²) in [5.41, 5.74) is 9.02. The van der Waals surface area contributed by atoms with Crippen molar-refractivity contribution in [3.8, 4) is 0 Å². The summed E-state index contributed by atoms with van der Waals surface area (Å²) in [6.45, 7) is 8.55. The van der Waals surface area contributed by atoms with Crippen LogP contribution in [0.3, 0.4) is 0 Å². The number of anilines is 1. The summed E-state index contributed by atoms with van der Waals surface area (Å²) in [6.07, 6.45) is 8.09. The van der Waals surface area contributed by atoms with E-state index >= 15 is 0 Å². The van der Waals surface area contributed by atoms with Gasteiger partial charge in [-0.2, -0.15) is 0 Å². The second kappa shape index (κ2) is 12.6. The van der Waals surface area contributed by atoms with Crippen LogP contribution in [0.2, 0.25) is 10.0 Å². The molecule has 4 unspecified atom stereocenters. The van der Waals surface area contributed by atoms with Crippen LogP contribution < -0.4 is 15.8 Å². The largest absolute Gasteiger partial charge is 0.370 e. The van der Waals surface area contributed by atoms with Crippen molar-refractivity contribution in [1.82, 2.24) is 35.5 Å². The molecule has 0 spiro atoms. The second-order valence-electron chi connectivity index (χ2n) is 11.8. The monoisotopic (exact) mass is 602 g/mol. The van der Waals surface area contributed by atoms with E-state index in [0.29, 0.717) is 22.0 Å². The number of carbonyl (C=O) groups is 1. The summed E-state index contributed by atoms with van der Waals surface area (Å²) < 4.78 is 6.49. The number of carbonyl (C=O) groups excluding carboxylic acids is 1. The van der Waals surface area contributed by atoms with Crippen LogP contribution in [0.4, 0.5) is 10.6 Å². The Morgan fingerprint density at radius 2 is 1.63 bits per heavy atom. The number of aromatic nitrogens is 2. The summed E-state index contributed by atoms with van der Waals surface area (Å²) in [4.78, 5) is 30.4. The van der Waals surface area contributed by atoms with Crippen molar-refractivity contribution in [2.45, 2.75) is 50.5 Å². The molecule has 2 N–H and O–H groups in total. The topological polar surface area (TPSA) is 89.1 Å². The zero-order valence-electron chi connectivity index (χ0n) is 23.8. The highest BCUT2D eigenvalue weighted by atomic mass is 35.5. The lowest BCUT2D eigenvalue weighted by Gasteiger charge is -2.40. The quantitative estimate of drug-likeness (QED) is 0.535. The first-order valence-electron chi connectivity index (χ1n) is 14.8. The molecule has 0 aromatic carbocycles. The molecule has 1 saturated carbocycles. The molecule has 41 heavy (non-hydrogen) atoms. The molecule has 5 atom stereocenters. The molecule has 222 valence electrons. The van der Waals surface area contributed by atoms with Crippen LogP contribution in [-0.2, 0) is 4.74 Å². The van der Waals surface area contributed by atoms with E-state index in [1.807, 2.05) is 22.9 Å². The Hall–Kier alpha value is -2.21. The summed E-state index contributed by atoms with van der Waals surface area (Å²) in [6, 6.07) is 5.04. The number of hydrazine groups is 1. The van der Waals surface area contributed by atoms with Crippen LogP contribution in [0.1, 0.15) is 49.5 Å². The molecule has 1 aliphatic carbocycles. The molecule has 2 aromatic heterocycles. The maximum absolute atomic E-state index is 13.0. The fourth-order valence-corrected chi connectivity index (χ4v) is 7.40. The van der Waals surface area contributed by atoms with E-state index in [9.17, 15) is 4.79 Å². The maximum atomic E-state index is 13.0. The third-order valence-electron chi connectivity index (χ3n) is 9.18. The Kier molecular flexibility index (Phi) is 8.86. The number of halogens is 2. The fourth-order valence-electron chi connectivity index (χ4n) is 6.73. The molecule has 0 bridgehead atoms. The molecule has 2 aromatic rings. The molecule has 0 radical (unpaired) electrons. The zero-order chi connectivity index (χ0) is 28.5. The lowest BCUT2D eigenvalue weighted by molar-refractivity contribution is -0.0370. The number of amides is 2. The van der Waals surface area contributed by atoms with Crippen LogP contribution in [0.5, 0.6) is 0 Å². The van der Waals surface area contributed by atoms with Gasteiger partial charge in [-0.05, 0) is 50.8 Å². The number of hydrogen-bond acceptors (Lipinski definition) is 8. The number of urea groups is 1. The third kappa shape index (κ3) is 6.28. The van der Waals surface area contributed by atoms with Gasteiger partial charge in [0.2, 0.25) is 0 Å². The van der Waals surface area contributed by atoms with Crippen LogP contribution >= 0.6 is 23.2 Å². The highest BCUT2D eigenvalue weighted by Gasteiger charge is 2.42. The molecular formula is C29H40Cl2N8O2. The number of piperazine rings is 2. The van der Waals surface area contributed by atoms with Gasteiger partial charge in [0.05, 0.1) is 28.3 Å². The number of rotatable bonds is 5. The van der Waals surface area contributed by atoms with Crippen molar-refractivity contribution in [1.29, 1.82) is 0 Å². The van der Waals surface area contributed by atoms with Gasteiger partial charge in [-0.25, -0.2) is 15.2 Å². The van der Waals surface area contributed by atoms with Gasteiger partial charge in [-0.15, -0.1) is 0 Å². The predicted molar refractivity (Wildman–Crippen MR) is 160 cm³/mol. The number of fused-ring (bicyclic) bond motifs is 1. The highest BCUT2D eigenvalue weighted by Crippen LogP contribution is 2.41. The fraction of sp³-hybridized carbons (Fsp3) is 0.621. The van der Waals surface area contributed by atoms with E-state index in [1.54, 1.807) is 12.4 Å². The first-order valence-corrected chi connectivity index (χ1v) is 15.5. The minimum atomic E-state index is -0.210. The highest BCUT2D eigenvalue weighted by molar-refractivity contribution is 6.35. The van der Waals surface area contributed by atoms with E-state index in [2.05, 4.69) is 44.8 Å². The van der Waals surface area contributed by atoms with E-state index in [-0.39, 0.29) is 24.3 Å². The van der Waals surface area contributed by atoms with E-state index in [1.165, 1.54) is 5.56 Å². The third-order valence-corrected chi connectivity index (χ3v) is 9.78. The zero-order valence-corrected chi connectivity index (χ0v) is 25.3. The van der Waals surface area contributed by atoms with Gasteiger partial charge in [0.1, 0.15) is 5.82 Å². The van der Waals surface area contributed by atoms with Crippen molar-refractivity contribution in [3.05, 3.63) is 51.9 Å². The summed E-state index contributed by atoms with van der Waals surface area (Å²) >= 11 is 12.8. The number of hydrogen-bond donors (Lipinski definition) is 2. The Bertz CT molecular complexity index is 1180. The van der Waals surface area contributed by atoms with Crippen LogP contribution in [0, 0.1) is 5.92 Å². The van der Waals surface area contributed by atoms with Crippen LogP contribution in [-0.4, -0.2) is 102 Å². The Morgan fingerprint density at radius 3 is 2.29 bits per heavy atom. The molecule has 2 amide bonds. The first-order chi connectivity index (χ1) is 19.9. The lowest BCUT2D eigenvalue weighted by Crippen LogP contribution is -2.56. The number of pyridine rings is 2. The standard InChI is InChI=1S/C29H40Cl2N8O2/c1-19(27-23(30)17-32-18-24(27)31)41-21-4-5-25-22(15-21)28(35-34-25)20-3-6-26(33-16-20)37-11-13-39(14-12-37)29(40)38-9-7-36(2)8-10-38/h3,6,16-19,21-22,25,28,34-35H,4-5,7-15H2,1-2H3/t19-,21?,22?,25?,28?/m1/s1. The van der Waals surface area contributed by atoms with Gasteiger partial charge in [0, 0.05) is 82.6 Å². The van der Waals surface area contributed by atoms with Gasteiger partial charge >= 0.3 is 6.03 Å². The molecule has 5 heterocycles. The predicted octanol–water partition coefficient (Wildman–Crippen LogP) is 3.74. The smallest absolute Gasteiger partial charge is 0.320 e. The van der Waals surface area contributed by atoms with Gasteiger partial charge in [0.15, 0.2) is 0 Å². The number of likely N-dealkylation sites (N-methyl/N-ethyl adjacent to an activating group) is 1. The maximum Gasteiger partial charge on any atom is 0.320 e. The van der Waals surface area contributed by atoms with Crippen molar-refractivity contribution in [2.75, 3.05) is 64.3 Å². The molecular weight excluding hydrogens is 563 g/mol. The number of nitrogens with one attached hydrogen (secondary N) is 2. The molecule has 10 nitrogen and oxygen atoms in total.